The van der Waals surface area contributed by atoms with Crippen molar-refractivity contribution in [1.29, 1.82) is 0 Å². The molecular weight excluding hydrogens is 246 g/mol. The number of likely N-dealkylation sites (N-methyl/N-ethyl adjacent to an activating group) is 2. The lowest BCUT2D eigenvalue weighted by Gasteiger charge is -2.45. The van der Waals surface area contributed by atoms with Crippen LogP contribution in [-0.4, -0.2) is 61.2 Å². The highest BCUT2D eigenvalue weighted by molar-refractivity contribution is 4.94. The van der Waals surface area contributed by atoms with E-state index in [0.29, 0.717) is 6.04 Å². The molecule has 0 bridgehead atoms. The van der Waals surface area contributed by atoms with Crippen LogP contribution in [0.2, 0.25) is 0 Å². The fourth-order valence-corrected chi connectivity index (χ4v) is 4.28. The highest BCUT2D eigenvalue weighted by atomic mass is 15.3. The van der Waals surface area contributed by atoms with Crippen LogP contribution in [0.4, 0.5) is 0 Å². The summed E-state index contributed by atoms with van der Waals surface area (Å²) in [7, 11) is 2.29. The zero-order valence-electron chi connectivity index (χ0n) is 14.1. The van der Waals surface area contributed by atoms with E-state index in [1.807, 2.05) is 0 Å². The molecule has 1 N–H and O–H groups in total. The molecule has 2 rings (SSSR count). The maximum absolute atomic E-state index is 3.77. The van der Waals surface area contributed by atoms with Gasteiger partial charge in [-0.15, -0.1) is 0 Å². The second kappa shape index (κ2) is 7.77. The van der Waals surface area contributed by atoms with E-state index in [0.717, 1.165) is 24.5 Å². The van der Waals surface area contributed by atoms with Crippen molar-refractivity contribution in [2.24, 2.45) is 5.92 Å². The predicted octanol–water partition coefficient (Wildman–Crippen LogP) is 2.57. The zero-order chi connectivity index (χ0) is 14.5. The molecule has 0 aromatic carbocycles. The molecule has 4 unspecified atom stereocenters. The fraction of sp³-hybridized carbons (Fsp3) is 1.00. The summed E-state index contributed by atoms with van der Waals surface area (Å²) >= 11 is 0. The second-order valence-corrected chi connectivity index (χ2v) is 7.07. The molecule has 0 spiro atoms. The Morgan fingerprint density at radius 1 is 1.15 bits per heavy atom. The first kappa shape index (κ1) is 16.3. The molecule has 4 atom stereocenters. The third-order valence-electron chi connectivity index (χ3n) is 5.39. The van der Waals surface area contributed by atoms with Crippen LogP contribution in [0, 0.1) is 5.92 Å². The molecule has 2 aliphatic rings. The first-order valence-electron chi connectivity index (χ1n) is 8.83. The van der Waals surface area contributed by atoms with Crippen LogP contribution < -0.4 is 5.32 Å². The molecule has 20 heavy (non-hydrogen) atoms. The molecule has 3 heteroatoms. The van der Waals surface area contributed by atoms with Crippen molar-refractivity contribution in [3.8, 4) is 0 Å². The second-order valence-electron chi connectivity index (χ2n) is 7.07. The molecule has 1 saturated carbocycles. The van der Waals surface area contributed by atoms with E-state index < -0.39 is 0 Å². The molecule has 1 aliphatic heterocycles. The van der Waals surface area contributed by atoms with Crippen molar-refractivity contribution >= 4 is 0 Å². The summed E-state index contributed by atoms with van der Waals surface area (Å²) in [5.41, 5.74) is 0. The summed E-state index contributed by atoms with van der Waals surface area (Å²) in [6, 6.07) is 2.22. The molecule has 3 nitrogen and oxygen atoms in total. The summed E-state index contributed by atoms with van der Waals surface area (Å²) in [5, 5.41) is 3.77. The summed E-state index contributed by atoms with van der Waals surface area (Å²) in [5.74, 6) is 0.897. The lowest BCUT2D eigenvalue weighted by molar-refractivity contribution is 0.0624. The third-order valence-corrected chi connectivity index (χ3v) is 5.39. The van der Waals surface area contributed by atoms with Crippen molar-refractivity contribution in [2.45, 2.75) is 71.0 Å². The van der Waals surface area contributed by atoms with Gasteiger partial charge in [-0.1, -0.05) is 20.8 Å². The zero-order valence-corrected chi connectivity index (χ0v) is 14.1. The molecule has 1 aliphatic carbocycles. The minimum atomic E-state index is 0.716. The first-order valence-corrected chi connectivity index (χ1v) is 8.83. The number of nitrogens with one attached hydrogen (secondary N) is 1. The fourth-order valence-electron chi connectivity index (χ4n) is 4.28. The van der Waals surface area contributed by atoms with Gasteiger partial charge >= 0.3 is 0 Å². The molecule has 0 amide bonds. The van der Waals surface area contributed by atoms with Gasteiger partial charge in [0.2, 0.25) is 0 Å². The van der Waals surface area contributed by atoms with E-state index in [1.54, 1.807) is 0 Å². The molecule has 1 heterocycles. The van der Waals surface area contributed by atoms with Crippen molar-refractivity contribution < 1.29 is 0 Å². The monoisotopic (exact) mass is 281 g/mol. The van der Waals surface area contributed by atoms with Crippen LogP contribution in [-0.2, 0) is 0 Å². The molecular formula is C17H35N3. The number of hydrogen-bond donors (Lipinski definition) is 1. The molecule has 0 aromatic rings. The Morgan fingerprint density at radius 2 is 1.95 bits per heavy atom. The van der Waals surface area contributed by atoms with Gasteiger partial charge in [-0.3, -0.25) is 4.90 Å². The number of rotatable bonds is 4. The third kappa shape index (κ3) is 3.96. The van der Waals surface area contributed by atoms with E-state index in [2.05, 4.69) is 42.9 Å². The van der Waals surface area contributed by atoms with E-state index in [9.17, 15) is 0 Å². The van der Waals surface area contributed by atoms with Gasteiger partial charge in [0.15, 0.2) is 0 Å². The average Bonchev–Trinajstić information content (AvgIpc) is 2.62. The highest BCUT2D eigenvalue weighted by Gasteiger charge is 2.36. The molecule has 1 saturated heterocycles. The molecule has 0 aromatic heterocycles. The van der Waals surface area contributed by atoms with E-state index >= 15 is 0 Å². The first-order chi connectivity index (χ1) is 9.65. The van der Waals surface area contributed by atoms with Gasteiger partial charge in [0.25, 0.3) is 0 Å². The Balaban J connectivity index is 2.10. The van der Waals surface area contributed by atoms with Gasteiger partial charge < -0.3 is 10.2 Å². The molecule has 2 fully saturated rings. The van der Waals surface area contributed by atoms with Crippen LogP contribution in [0.1, 0.15) is 52.9 Å². The summed E-state index contributed by atoms with van der Waals surface area (Å²) in [6.45, 7) is 12.0. The normalized spacial score (nSPS) is 37.8. The van der Waals surface area contributed by atoms with Crippen LogP contribution in [0.25, 0.3) is 0 Å². The van der Waals surface area contributed by atoms with Crippen LogP contribution in [0.5, 0.6) is 0 Å². The minimum absolute atomic E-state index is 0.716. The quantitative estimate of drug-likeness (QED) is 0.854. The summed E-state index contributed by atoms with van der Waals surface area (Å²) in [4.78, 5) is 5.40. The van der Waals surface area contributed by atoms with Gasteiger partial charge in [-0.05, 0) is 58.2 Å². The largest absolute Gasteiger partial charge is 0.313 e. The smallest absolute Gasteiger partial charge is 0.0255 e. The number of hydrogen-bond acceptors (Lipinski definition) is 3. The van der Waals surface area contributed by atoms with Gasteiger partial charge in [0.05, 0.1) is 0 Å². The van der Waals surface area contributed by atoms with Gasteiger partial charge in [-0.25, -0.2) is 0 Å². The molecule has 0 radical (unpaired) electrons. The Hall–Kier alpha value is -0.120. The van der Waals surface area contributed by atoms with E-state index in [-0.39, 0.29) is 0 Å². The Bertz CT molecular complexity index is 281. The average molecular weight is 281 g/mol. The van der Waals surface area contributed by atoms with Gasteiger partial charge in [-0.2, -0.15) is 0 Å². The maximum Gasteiger partial charge on any atom is 0.0255 e. The Kier molecular flexibility index (Phi) is 6.31. The summed E-state index contributed by atoms with van der Waals surface area (Å²) in [6.07, 6.45) is 6.77. The van der Waals surface area contributed by atoms with Crippen molar-refractivity contribution in [3.05, 3.63) is 0 Å². The van der Waals surface area contributed by atoms with E-state index in [1.165, 1.54) is 51.7 Å². The predicted molar refractivity (Wildman–Crippen MR) is 87.2 cm³/mol. The number of nitrogens with zero attached hydrogens (tertiary/aromatic N) is 2. The topological polar surface area (TPSA) is 18.5 Å². The maximum atomic E-state index is 3.77. The highest BCUT2D eigenvalue weighted by Crippen LogP contribution is 2.30. The standard InChI is InChI=1S/C17H35N3/c1-5-15-13-19(4)10-7-11-20(15)17-12-14(3)8-9-16(17)18-6-2/h14-18H,5-13H2,1-4H3. The molecule has 118 valence electrons. The van der Waals surface area contributed by atoms with Crippen molar-refractivity contribution in [1.82, 2.24) is 15.1 Å². The van der Waals surface area contributed by atoms with Crippen LogP contribution in [0.3, 0.4) is 0 Å². The SMILES string of the molecule is CCNC1CCC(C)CC1N1CCCN(C)CC1CC. The summed E-state index contributed by atoms with van der Waals surface area (Å²) < 4.78 is 0. The Labute approximate surface area is 126 Å². The Morgan fingerprint density at radius 3 is 2.65 bits per heavy atom. The van der Waals surface area contributed by atoms with Crippen molar-refractivity contribution in [3.63, 3.8) is 0 Å². The lowest BCUT2D eigenvalue weighted by Crippen LogP contribution is -2.57. The van der Waals surface area contributed by atoms with Gasteiger partial charge in [0, 0.05) is 31.2 Å². The lowest BCUT2D eigenvalue weighted by atomic mass is 9.81. The van der Waals surface area contributed by atoms with Crippen molar-refractivity contribution in [2.75, 3.05) is 33.2 Å². The van der Waals surface area contributed by atoms with E-state index in [4.69, 9.17) is 0 Å². The van der Waals surface area contributed by atoms with Gasteiger partial charge in [0.1, 0.15) is 0 Å². The minimum Gasteiger partial charge on any atom is -0.313 e. The van der Waals surface area contributed by atoms with Crippen LogP contribution >= 0.6 is 0 Å². The van der Waals surface area contributed by atoms with Crippen LogP contribution in [0.15, 0.2) is 0 Å².